The second kappa shape index (κ2) is 9.42. The molecule has 144 valence electrons. The SMILES string of the molecule is COc1ccc(OCC(=O)N/N=C(/C)c2cc(CCC(=O)O)oc2C)cc1. The molecule has 0 atom stereocenters. The number of amides is 1. The summed E-state index contributed by atoms with van der Waals surface area (Å²) in [5.41, 5.74) is 3.69. The largest absolute Gasteiger partial charge is 0.497 e. The predicted molar refractivity (Wildman–Crippen MR) is 98.2 cm³/mol. The number of benzene rings is 1. The van der Waals surface area contributed by atoms with Crippen molar-refractivity contribution in [3.8, 4) is 11.5 Å². The molecule has 0 unspecified atom stereocenters. The van der Waals surface area contributed by atoms with Crippen molar-refractivity contribution in [2.75, 3.05) is 13.7 Å². The second-order valence-corrected chi connectivity index (χ2v) is 5.77. The monoisotopic (exact) mass is 374 g/mol. The van der Waals surface area contributed by atoms with E-state index in [-0.39, 0.29) is 13.0 Å². The fourth-order valence-electron chi connectivity index (χ4n) is 2.32. The molecule has 0 saturated carbocycles. The number of carboxylic acids is 1. The molecule has 0 aliphatic rings. The van der Waals surface area contributed by atoms with E-state index in [0.717, 1.165) is 0 Å². The molecule has 8 heteroatoms. The quantitative estimate of drug-likeness (QED) is 0.515. The van der Waals surface area contributed by atoms with Gasteiger partial charge in [-0.05, 0) is 44.2 Å². The molecular formula is C19H22N2O6. The maximum absolute atomic E-state index is 11.9. The number of carbonyl (C=O) groups excluding carboxylic acids is 1. The van der Waals surface area contributed by atoms with Gasteiger partial charge in [0.25, 0.3) is 5.91 Å². The van der Waals surface area contributed by atoms with Gasteiger partial charge in [-0.1, -0.05) is 0 Å². The average Bonchev–Trinajstić information content (AvgIpc) is 3.04. The number of carbonyl (C=O) groups is 2. The normalized spacial score (nSPS) is 11.1. The Morgan fingerprint density at radius 3 is 2.52 bits per heavy atom. The van der Waals surface area contributed by atoms with Crippen molar-refractivity contribution in [3.05, 3.63) is 47.4 Å². The van der Waals surface area contributed by atoms with Crippen LogP contribution in [0.15, 0.2) is 39.9 Å². The number of rotatable bonds is 9. The maximum Gasteiger partial charge on any atom is 0.303 e. The highest BCUT2D eigenvalue weighted by molar-refractivity contribution is 6.00. The van der Waals surface area contributed by atoms with E-state index in [1.807, 2.05) is 0 Å². The first-order valence-corrected chi connectivity index (χ1v) is 8.30. The standard InChI is InChI=1S/C19H22N2O6/c1-12(17-10-16(27-13(17)2)8-9-19(23)24)20-21-18(22)11-26-15-6-4-14(25-3)5-7-15/h4-7,10H,8-9,11H2,1-3H3,(H,21,22)(H,23,24)/b20-12-. The Morgan fingerprint density at radius 1 is 1.22 bits per heavy atom. The number of nitrogens with zero attached hydrogens (tertiary/aromatic N) is 1. The van der Waals surface area contributed by atoms with E-state index in [0.29, 0.717) is 40.7 Å². The molecule has 0 spiro atoms. The highest BCUT2D eigenvalue weighted by Gasteiger charge is 2.12. The Morgan fingerprint density at radius 2 is 1.89 bits per heavy atom. The van der Waals surface area contributed by atoms with E-state index in [1.165, 1.54) is 0 Å². The summed E-state index contributed by atoms with van der Waals surface area (Å²) in [4.78, 5) is 22.5. The van der Waals surface area contributed by atoms with E-state index >= 15 is 0 Å². The Hall–Kier alpha value is -3.29. The van der Waals surface area contributed by atoms with Crippen molar-refractivity contribution in [1.29, 1.82) is 0 Å². The zero-order chi connectivity index (χ0) is 19.8. The first-order valence-electron chi connectivity index (χ1n) is 8.30. The zero-order valence-corrected chi connectivity index (χ0v) is 15.4. The lowest BCUT2D eigenvalue weighted by Crippen LogP contribution is -2.25. The molecule has 8 nitrogen and oxygen atoms in total. The number of carboxylic acid groups (broad SMARTS) is 1. The summed E-state index contributed by atoms with van der Waals surface area (Å²) in [7, 11) is 1.57. The molecule has 0 saturated heterocycles. The summed E-state index contributed by atoms with van der Waals surface area (Å²) >= 11 is 0. The summed E-state index contributed by atoms with van der Waals surface area (Å²) in [5, 5.41) is 12.8. The molecule has 2 rings (SSSR count). The van der Waals surface area contributed by atoms with Gasteiger partial charge in [0, 0.05) is 12.0 Å². The molecule has 2 aromatic rings. The van der Waals surface area contributed by atoms with Crippen molar-refractivity contribution in [2.24, 2.45) is 5.10 Å². The van der Waals surface area contributed by atoms with Gasteiger partial charge < -0.3 is 19.0 Å². The van der Waals surface area contributed by atoms with Crippen LogP contribution in [0.25, 0.3) is 0 Å². The second-order valence-electron chi connectivity index (χ2n) is 5.77. The van der Waals surface area contributed by atoms with E-state index in [1.54, 1.807) is 51.3 Å². The van der Waals surface area contributed by atoms with Crippen LogP contribution in [0.2, 0.25) is 0 Å². The summed E-state index contributed by atoms with van der Waals surface area (Å²) < 4.78 is 16.0. The number of hydrogen-bond acceptors (Lipinski definition) is 6. The summed E-state index contributed by atoms with van der Waals surface area (Å²) in [6.45, 7) is 3.30. The molecule has 0 fully saturated rings. The summed E-state index contributed by atoms with van der Waals surface area (Å²) in [5.74, 6) is 1.12. The van der Waals surface area contributed by atoms with E-state index in [2.05, 4.69) is 10.5 Å². The van der Waals surface area contributed by atoms with Crippen LogP contribution in [-0.2, 0) is 16.0 Å². The number of aliphatic carboxylic acids is 1. The van der Waals surface area contributed by atoms with Gasteiger partial charge in [-0.2, -0.15) is 5.10 Å². The van der Waals surface area contributed by atoms with Crippen LogP contribution in [-0.4, -0.2) is 36.4 Å². The van der Waals surface area contributed by atoms with Crippen LogP contribution in [0, 0.1) is 6.92 Å². The molecule has 0 bridgehead atoms. The molecule has 0 radical (unpaired) electrons. The van der Waals surface area contributed by atoms with Crippen LogP contribution >= 0.6 is 0 Å². The number of nitrogens with one attached hydrogen (secondary N) is 1. The van der Waals surface area contributed by atoms with Gasteiger partial charge in [-0.3, -0.25) is 9.59 Å². The first-order chi connectivity index (χ1) is 12.9. The van der Waals surface area contributed by atoms with E-state index in [4.69, 9.17) is 19.0 Å². The number of hydrogen-bond donors (Lipinski definition) is 2. The summed E-state index contributed by atoms with van der Waals surface area (Å²) in [6.07, 6.45) is 0.285. The molecule has 27 heavy (non-hydrogen) atoms. The maximum atomic E-state index is 11.9. The molecule has 2 N–H and O–H groups in total. The van der Waals surface area contributed by atoms with Crippen LogP contribution in [0.5, 0.6) is 11.5 Å². The minimum Gasteiger partial charge on any atom is -0.497 e. The van der Waals surface area contributed by atoms with Crippen LogP contribution in [0.4, 0.5) is 0 Å². The van der Waals surface area contributed by atoms with Crippen LogP contribution in [0.3, 0.4) is 0 Å². The van der Waals surface area contributed by atoms with Gasteiger partial charge >= 0.3 is 5.97 Å². The number of ether oxygens (including phenoxy) is 2. The zero-order valence-electron chi connectivity index (χ0n) is 15.4. The van der Waals surface area contributed by atoms with Gasteiger partial charge in [-0.15, -0.1) is 0 Å². The van der Waals surface area contributed by atoms with Gasteiger partial charge in [0.1, 0.15) is 23.0 Å². The molecule has 0 aliphatic carbocycles. The van der Waals surface area contributed by atoms with Crippen LogP contribution < -0.4 is 14.9 Å². The highest BCUT2D eigenvalue weighted by atomic mass is 16.5. The molecular weight excluding hydrogens is 352 g/mol. The third kappa shape index (κ3) is 6.18. The summed E-state index contributed by atoms with van der Waals surface area (Å²) in [6, 6.07) is 8.61. The van der Waals surface area contributed by atoms with E-state index in [9.17, 15) is 9.59 Å². The topological polar surface area (TPSA) is 110 Å². The lowest BCUT2D eigenvalue weighted by Gasteiger charge is -2.06. The van der Waals surface area contributed by atoms with Gasteiger partial charge in [-0.25, -0.2) is 5.43 Å². The Bertz CT molecular complexity index is 823. The van der Waals surface area contributed by atoms with Crippen molar-refractivity contribution in [1.82, 2.24) is 5.43 Å². The van der Waals surface area contributed by atoms with E-state index < -0.39 is 11.9 Å². The fraction of sp³-hybridized carbons (Fsp3) is 0.316. The van der Waals surface area contributed by atoms with Gasteiger partial charge in [0.2, 0.25) is 0 Å². The highest BCUT2D eigenvalue weighted by Crippen LogP contribution is 2.18. The van der Waals surface area contributed by atoms with Crippen molar-refractivity contribution < 1.29 is 28.6 Å². The number of methoxy groups -OCH3 is 1. The predicted octanol–water partition coefficient (Wildman–Crippen LogP) is 2.53. The van der Waals surface area contributed by atoms with Crippen molar-refractivity contribution in [2.45, 2.75) is 26.7 Å². The lowest BCUT2D eigenvalue weighted by atomic mass is 10.1. The number of hydrazone groups is 1. The third-order valence-electron chi connectivity index (χ3n) is 3.72. The first kappa shape index (κ1) is 20.0. The third-order valence-corrected chi connectivity index (χ3v) is 3.72. The minimum absolute atomic E-state index is 0.0119. The van der Waals surface area contributed by atoms with Crippen LogP contribution in [0.1, 0.15) is 30.4 Å². The average molecular weight is 374 g/mol. The smallest absolute Gasteiger partial charge is 0.303 e. The lowest BCUT2D eigenvalue weighted by molar-refractivity contribution is -0.137. The van der Waals surface area contributed by atoms with Gasteiger partial charge in [0.05, 0.1) is 19.2 Å². The van der Waals surface area contributed by atoms with Crippen molar-refractivity contribution in [3.63, 3.8) is 0 Å². The molecule has 1 aromatic carbocycles. The fourth-order valence-corrected chi connectivity index (χ4v) is 2.32. The Balaban J connectivity index is 1.88. The molecule has 1 amide bonds. The van der Waals surface area contributed by atoms with Crippen molar-refractivity contribution >= 4 is 17.6 Å². The Labute approximate surface area is 156 Å². The number of aryl methyl sites for hydroxylation is 2. The molecule has 0 aliphatic heterocycles. The minimum atomic E-state index is -0.889. The molecule has 1 aromatic heterocycles. The Kier molecular flexibility index (Phi) is 6.99. The van der Waals surface area contributed by atoms with Gasteiger partial charge in [0.15, 0.2) is 6.61 Å². The number of furan rings is 1. The molecule has 1 heterocycles.